The number of rotatable bonds is 9. The molecule has 0 unspecified atom stereocenters. The largest absolute Gasteiger partial charge is 0.480 e. The van der Waals surface area contributed by atoms with Crippen LogP contribution in [-0.4, -0.2) is 23.7 Å². The molecule has 4 nitrogen and oxygen atoms in total. The topological polar surface area (TPSA) is 89.3 Å². The Balaban J connectivity index is 3.09. The third-order valence-corrected chi connectivity index (χ3v) is 2.29. The molecule has 0 radical (unpaired) electrons. The number of carbonyl (C=O) groups is 1. The molecule has 0 spiro atoms. The first-order chi connectivity index (χ1) is 6.68. The summed E-state index contributed by atoms with van der Waals surface area (Å²) in [4.78, 5) is 10.4. The molecule has 0 rings (SSSR count). The third kappa shape index (κ3) is 8.01. The van der Waals surface area contributed by atoms with E-state index in [9.17, 15) is 4.79 Å². The van der Waals surface area contributed by atoms with Crippen molar-refractivity contribution >= 4 is 5.97 Å². The van der Waals surface area contributed by atoms with E-state index < -0.39 is 12.0 Å². The smallest absolute Gasteiger partial charge is 0.320 e. The number of hydrogen-bond donors (Lipinski definition) is 3. The van der Waals surface area contributed by atoms with Crippen LogP contribution < -0.4 is 11.5 Å². The molecule has 0 aliphatic rings. The van der Waals surface area contributed by atoms with Gasteiger partial charge in [0.2, 0.25) is 0 Å². The normalized spacial score (nSPS) is 12.7. The zero-order chi connectivity index (χ0) is 10.8. The lowest BCUT2D eigenvalue weighted by Gasteiger charge is -2.05. The quantitative estimate of drug-likeness (QED) is 0.488. The maximum absolute atomic E-state index is 10.4. The molecule has 0 amide bonds. The Labute approximate surface area is 85.7 Å². The number of carboxylic acids is 1. The lowest BCUT2D eigenvalue weighted by molar-refractivity contribution is -0.138. The molecule has 0 aromatic heterocycles. The Morgan fingerprint density at radius 3 is 2.07 bits per heavy atom. The van der Waals surface area contributed by atoms with Gasteiger partial charge < -0.3 is 16.6 Å². The van der Waals surface area contributed by atoms with Crippen LogP contribution >= 0.6 is 0 Å². The molecule has 14 heavy (non-hydrogen) atoms. The van der Waals surface area contributed by atoms with Crippen LogP contribution in [0.1, 0.15) is 44.9 Å². The van der Waals surface area contributed by atoms with Gasteiger partial charge in [-0.2, -0.15) is 0 Å². The molecule has 84 valence electrons. The van der Waals surface area contributed by atoms with Crippen molar-refractivity contribution in [2.45, 2.75) is 51.0 Å². The van der Waals surface area contributed by atoms with Crippen molar-refractivity contribution in [1.29, 1.82) is 0 Å². The van der Waals surface area contributed by atoms with Gasteiger partial charge >= 0.3 is 5.97 Å². The summed E-state index contributed by atoms with van der Waals surface area (Å²) in [6, 6.07) is -0.681. The Hall–Kier alpha value is -0.610. The summed E-state index contributed by atoms with van der Waals surface area (Å²) < 4.78 is 0. The van der Waals surface area contributed by atoms with E-state index in [-0.39, 0.29) is 0 Å². The van der Waals surface area contributed by atoms with Gasteiger partial charge in [-0.1, -0.05) is 32.1 Å². The van der Waals surface area contributed by atoms with Crippen LogP contribution in [0.15, 0.2) is 0 Å². The Morgan fingerprint density at radius 2 is 1.57 bits per heavy atom. The minimum absolute atomic E-state index is 0.590. The second-order valence-electron chi connectivity index (χ2n) is 3.64. The highest BCUT2D eigenvalue weighted by molar-refractivity contribution is 5.72. The molecule has 0 bridgehead atoms. The monoisotopic (exact) mass is 202 g/mol. The van der Waals surface area contributed by atoms with Crippen LogP contribution in [0, 0.1) is 0 Å². The number of aliphatic carboxylic acids is 1. The Morgan fingerprint density at radius 1 is 1.07 bits per heavy atom. The average molecular weight is 202 g/mol. The predicted octanol–water partition coefficient (Wildman–Crippen LogP) is 1.09. The highest BCUT2D eigenvalue weighted by Gasteiger charge is 2.09. The lowest BCUT2D eigenvalue weighted by Crippen LogP contribution is -2.29. The first-order valence-corrected chi connectivity index (χ1v) is 5.37. The lowest BCUT2D eigenvalue weighted by atomic mass is 10.1. The molecule has 0 aliphatic heterocycles. The summed E-state index contributed by atoms with van der Waals surface area (Å²) in [6.07, 6.45) is 7.20. The van der Waals surface area contributed by atoms with Gasteiger partial charge in [0.1, 0.15) is 6.04 Å². The SMILES string of the molecule is NCCCCCCCC[C@H](N)C(=O)O. The maximum atomic E-state index is 10.4. The molecule has 1 atom stereocenters. The Bertz CT molecular complexity index is 151. The first kappa shape index (κ1) is 13.4. The number of hydrogen-bond acceptors (Lipinski definition) is 3. The highest BCUT2D eigenvalue weighted by Crippen LogP contribution is 2.07. The molecular weight excluding hydrogens is 180 g/mol. The van der Waals surface area contributed by atoms with E-state index in [1.807, 2.05) is 0 Å². The summed E-state index contributed by atoms with van der Waals surface area (Å²) in [5.41, 5.74) is 10.7. The highest BCUT2D eigenvalue weighted by atomic mass is 16.4. The van der Waals surface area contributed by atoms with Crippen molar-refractivity contribution in [1.82, 2.24) is 0 Å². The molecule has 0 aromatic rings. The van der Waals surface area contributed by atoms with E-state index in [4.69, 9.17) is 16.6 Å². The fourth-order valence-electron chi connectivity index (χ4n) is 1.34. The maximum Gasteiger partial charge on any atom is 0.320 e. The zero-order valence-electron chi connectivity index (χ0n) is 8.74. The van der Waals surface area contributed by atoms with Crippen LogP contribution in [0.3, 0.4) is 0 Å². The Kier molecular flexibility index (Phi) is 8.57. The molecule has 0 aliphatic carbocycles. The molecule has 0 aromatic carbocycles. The van der Waals surface area contributed by atoms with Gasteiger partial charge in [-0.25, -0.2) is 0 Å². The van der Waals surface area contributed by atoms with Gasteiger partial charge in [0.25, 0.3) is 0 Å². The minimum atomic E-state index is -0.895. The van der Waals surface area contributed by atoms with Gasteiger partial charge in [-0.15, -0.1) is 0 Å². The van der Waals surface area contributed by atoms with Gasteiger partial charge in [0, 0.05) is 0 Å². The first-order valence-electron chi connectivity index (χ1n) is 5.37. The predicted molar refractivity (Wildman–Crippen MR) is 57.0 cm³/mol. The second kappa shape index (κ2) is 8.97. The van der Waals surface area contributed by atoms with Crippen LogP contribution in [0.2, 0.25) is 0 Å². The van der Waals surface area contributed by atoms with E-state index in [1.165, 1.54) is 12.8 Å². The average Bonchev–Trinajstić information content (AvgIpc) is 2.16. The fourth-order valence-corrected chi connectivity index (χ4v) is 1.34. The summed E-state index contributed by atoms with van der Waals surface area (Å²) in [6.45, 7) is 0.768. The van der Waals surface area contributed by atoms with E-state index in [0.29, 0.717) is 6.42 Å². The molecule has 5 N–H and O–H groups in total. The number of unbranched alkanes of at least 4 members (excludes halogenated alkanes) is 5. The van der Waals surface area contributed by atoms with E-state index in [2.05, 4.69) is 0 Å². The molecule has 0 saturated carbocycles. The second-order valence-corrected chi connectivity index (χ2v) is 3.64. The van der Waals surface area contributed by atoms with E-state index in [1.54, 1.807) is 0 Å². The van der Waals surface area contributed by atoms with Crippen LogP contribution in [0.5, 0.6) is 0 Å². The van der Waals surface area contributed by atoms with Gasteiger partial charge in [-0.3, -0.25) is 4.79 Å². The number of carboxylic acid groups (broad SMARTS) is 1. The van der Waals surface area contributed by atoms with Gasteiger partial charge in [0.15, 0.2) is 0 Å². The molecule has 0 saturated heterocycles. The van der Waals surface area contributed by atoms with Crippen molar-refractivity contribution in [3.63, 3.8) is 0 Å². The van der Waals surface area contributed by atoms with Gasteiger partial charge in [0.05, 0.1) is 0 Å². The third-order valence-electron chi connectivity index (χ3n) is 2.29. The number of nitrogens with two attached hydrogens (primary N) is 2. The summed E-state index contributed by atoms with van der Waals surface area (Å²) >= 11 is 0. The van der Waals surface area contributed by atoms with E-state index >= 15 is 0 Å². The molecular formula is C10H22N2O2. The van der Waals surface area contributed by atoms with Crippen molar-refractivity contribution in [2.24, 2.45) is 11.5 Å². The van der Waals surface area contributed by atoms with Crippen molar-refractivity contribution in [2.75, 3.05) is 6.54 Å². The van der Waals surface area contributed by atoms with Crippen LogP contribution in [0.25, 0.3) is 0 Å². The van der Waals surface area contributed by atoms with Crippen LogP contribution in [0.4, 0.5) is 0 Å². The molecule has 0 heterocycles. The minimum Gasteiger partial charge on any atom is -0.480 e. The van der Waals surface area contributed by atoms with Crippen LogP contribution in [-0.2, 0) is 4.79 Å². The summed E-state index contributed by atoms with van der Waals surface area (Å²) in [5.74, 6) is -0.895. The van der Waals surface area contributed by atoms with Crippen molar-refractivity contribution in [3.8, 4) is 0 Å². The standard InChI is InChI=1S/C10H22N2O2/c11-8-6-4-2-1-3-5-7-9(12)10(13)14/h9H,1-8,11-12H2,(H,13,14)/t9-/m0/s1. The zero-order valence-corrected chi connectivity index (χ0v) is 8.74. The molecule has 4 heteroatoms. The van der Waals surface area contributed by atoms with Crippen molar-refractivity contribution in [3.05, 3.63) is 0 Å². The van der Waals surface area contributed by atoms with Gasteiger partial charge in [-0.05, 0) is 19.4 Å². The molecule has 0 fully saturated rings. The van der Waals surface area contributed by atoms with E-state index in [0.717, 1.165) is 32.2 Å². The summed E-state index contributed by atoms with van der Waals surface area (Å²) in [7, 11) is 0. The fraction of sp³-hybridized carbons (Fsp3) is 0.900. The van der Waals surface area contributed by atoms with Crippen molar-refractivity contribution < 1.29 is 9.90 Å². The summed E-state index contributed by atoms with van der Waals surface area (Å²) in [5, 5.41) is 8.52.